The number of amides is 1. The lowest BCUT2D eigenvalue weighted by Gasteiger charge is -2.12. The summed E-state index contributed by atoms with van der Waals surface area (Å²) in [6.45, 7) is 0. The Morgan fingerprint density at radius 3 is 2.49 bits per heavy atom. The van der Waals surface area contributed by atoms with Crippen molar-refractivity contribution in [3.63, 3.8) is 0 Å². The van der Waals surface area contributed by atoms with E-state index in [0.717, 1.165) is 6.07 Å². The van der Waals surface area contributed by atoms with Crippen LogP contribution in [0.25, 0.3) is 22.0 Å². The van der Waals surface area contributed by atoms with E-state index in [0.29, 0.717) is 16.6 Å². The van der Waals surface area contributed by atoms with Crippen LogP contribution in [-0.2, 0) is 0 Å². The first-order valence-electron chi connectivity index (χ1n) is 10.8. The van der Waals surface area contributed by atoms with E-state index in [-0.39, 0.29) is 44.5 Å². The molecule has 0 saturated carbocycles. The van der Waals surface area contributed by atoms with Gasteiger partial charge in [-0.25, -0.2) is 18.7 Å². The van der Waals surface area contributed by atoms with Crippen LogP contribution in [0.1, 0.15) is 10.5 Å². The van der Waals surface area contributed by atoms with Gasteiger partial charge in [0, 0.05) is 42.0 Å². The number of aromatic nitrogens is 3. The highest BCUT2D eigenvalue weighted by Gasteiger charge is 2.17. The maximum atomic E-state index is 14.9. The van der Waals surface area contributed by atoms with Crippen molar-refractivity contribution < 1.29 is 18.3 Å². The summed E-state index contributed by atoms with van der Waals surface area (Å²) in [5, 5.41) is 3.06. The molecule has 11 heteroatoms. The van der Waals surface area contributed by atoms with E-state index in [2.05, 4.69) is 20.3 Å². The molecule has 0 fully saturated rings. The maximum Gasteiger partial charge on any atom is 0.268 e. The molecule has 0 unspecified atom stereocenters. The molecule has 184 valence electrons. The Morgan fingerprint density at radius 2 is 1.76 bits per heavy atom. The van der Waals surface area contributed by atoms with Crippen molar-refractivity contribution in [1.82, 2.24) is 15.0 Å². The van der Waals surface area contributed by atoms with Gasteiger partial charge in [0.15, 0.2) is 11.6 Å². The number of benzene rings is 2. The third-order valence-corrected chi connectivity index (χ3v) is 5.82. The summed E-state index contributed by atoms with van der Waals surface area (Å²) in [6, 6.07) is 12.5. The number of nitrogens with one attached hydrogen (secondary N) is 2. The fraction of sp³-hybridized carbons (Fsp3) is 0. The second-order valence-corrected chi connectivity index (χ2v) is 8.21. The van der Waals surface area contributed by atoms with Gasteiger partial charge in [-0.3, -0.25) is 9.59 Å². The first-order valence-corrected chi connectivity index (χ1v) is 11.1. The summed E-state index contributed by atoms with van der Waals surface area (Å²) < 4.78 is 33.8. The summed E-state index contributed by atoms with van der Waals surface area (Å²) in [5.41, 5.74) is 6.33. The fourth-order valence-corrected chi connectivity index (χ4v) is 3.94. The van der Waals surface area contributed by atoms with E-state index < -0.39 is 17.5 Å². The number of primary amides is 1. The molecule has 8 nitrogen and oxygen atoms in total. The van der Waals surface area contributed by atoms with E-state index in [4.69, 9.17) is 22.1 Å². The Balaban J connectivity index is 1.47. The molecule has 0 spiro atoms. The van der Waals surface area contributed by atoms with Gasteiger partial charge in [-0.1, -0.05) is 23.7 Å². The molecule has 0 aliphatic rings. The minimum atomic E-state index is -0.851. The van der Waals surface area contributed by atoms with E-state index in [1.54, 1.807) is 12.3 Å². The molecule has 4 N–H and O–H groups in total. The zero-order valence-corrected chi connectivity index (χ0v) is 19.5. The molecule has 0 saturated heterocycles. The molecule has 2 aromatic carbocycles. The van der Waals surface area contributed by atoms with Crippen LogP contribution in [0.3, 0.4) is 0 Å². The second-order valence-electron chi connectivity index (χ2n) is 7.83. The van der Waals surface area contributed by atoms with E-state index in [1.165, 1.54) is 54.9 Å². The highest BCUT2D eigenvalue weighted by Crippen LogP contribution is 2.33. The first kappa shape index (κ1) is 23.9. The predicted octanol–water partition coefficient (Wildman–Crippen LogP) is 5.55. The van der Waals surface area contributed by atoms with Gasteiger partial charge in [0.2, 0.25) is 5.43 Å². The Kier molecular flexibility index (Phi) is 6.24. The van der Waals surface area contributed by atoms with Crippen LogP contribution in [0.5, 0.6) is 11.5 Å². The number of ether oxygens (including phenoxy) is 1. The van der Waals surface area contributed by atoms with Gasteiger partial charge in [-0.2, -0.15) is 0 Å². The van der Waals surface area contributed by atoms with Crippen molar-refractivity contribution in [2.24, 2.45) is 5.73 Å². The molecule has 1 amide bonds. The smallest absolute Gasteiger partial charge is 0.268 e. The number of carbonyl (C=O) groups is 1. The van der Waals surface area contributed by atoms with Crippen LogP contribution in [-0.4, -0.2) is 20.9 Å². The second kappa shape index (κ2) is 9.67. The number of carbonyl (C=O) groups excluding carboxylic acids is 1. The molecular weight excluding hydrogens is 504 g/mol. The molecule has 37 heavy (non-hydrogen) atoms. The summed E-state index contributed by atoms with van der Waals surface area (Å²) >= 11 is 6.10. The van der Waals surface area contributed by atoms with Gasteiger partial charge in [-0.15, -0.1) is 0 Å². The summed E-state index contributed by atoms with van der Waals surface area (Å²) in [4.78, 5) is 35.8. The SMILES string of the molecule is NC(=O)c1nccc(Oc2ccc(Nc3nccc4[nH]cc(-c5ccc(F)cc5)c(=O)c34)cc2F)c1Cl. The normalized spacial score (nSPS) is 10.9. The molecule has 0 aliphatic carbocycles. The molecule has 5 aromatic rings. The minimum absolute atomic E-state index is 0.000604. The molecule has 0 radical (unpaired) electrons. The van der Waals surface area contributed by atoms with Crippen molar-refractivity contribution in [3.05, 3.63) is 106 Å². The lowest BCUT2D eigenvalue weighted by Crippen LogP contribution is -2.13. The molecule has 5 rings (SSSR count). The number of fused-ring (bicyclic) bond motifs is 1. The van der Waals surface area contributed by atoms with Crippen molar-refractivity contribution in [1.29, 1.82) is 0 Å². The number of hydrogen-bond donors (Lipinski definition) is 3. The van der Waals surface area contributed by atoms with Crippen LogP contribution in [0.4, 0.5) is 20.3 Å². The number of nitrogens with zero attached hydrogens (tertiary/aromatic N) is 2. The van der Waals surface area contributed by atoms with Crippen LogP contribution >= 0.6 is 11.6 Å². The Hall–Kier alpha value is -4.83. The Bertz CT molecular complexity index is 1720. The zero-order valence-electron chi connectivity index (χ0n) is 18.8. The maximum absolute atomic E-state index is 14.9. The summed E-state index contributed by atoms with van der Waals surface area (Å²) in [5.74, 6) is -2.00. The highest BCUT2D eigenvalue weighted by atomic mass is 35.5. The van der Waals surface area contributed by atoms with Crippen LogP contribution in [0, 0.1) is 11.6 Å². The van der Waals surface area contributed by atoms with Crippen LogP contribution < -0.4 is 21.2 Å². The van der Waals surface area contributed by atoms with Crippen LogP contribution in [0.15, 0.2) is 78.0 Å². The molecule has 0 bridgehead atoms. The number of aromatic amines is 1. The molecule has 3 aromatic heterocycles. The van der Waals surface area contributed by atoms with Gasteiger partial charge in [-0.05, 0) is 35.9 Å². The molecule has 0 atom stereocenters. The standard InChI is InChI=1S/C26H16ClF2N5O3/c27-22-20(8-10-31-23(22)25(30)36)37-19-6-5-15(11-17(19)29)34-26-21-18(7-9-32-26)33-12-16(24(21)35)13-1-3-14(28)4-2-13/h1-12H,(H2,30,36)(H,32,34)(H,33,35). The lowest BCUT2D eigenvalue weighted by molar-refractivity contribution is 0.0995. The number of hydrogen-bond acceptors (Lipinski definition) is 6. The van der Waals surface area contributed by atoms with Crippen LogP contribution in [0.2, 0.25) is 5.02 Å². The van der Waals surface area contributed by atoms with Crippen molar-refractivity contribution in [2.45, 2.75) is 0 Å². The number of nitrogens with two attached hydrogens (primary N) is 1. The fourth-order valence-electron chi connectivity index (χ4n) is 3.69. The Labute approximate surface area is 212 Å². The van der Waals surface area contributed by atoms with Crippen molar-refractivity contribution >= 4 is 39.9 Å². The largest absolute Gasteiger partial charge is 0.453 e. The highest BCUT2D eigenvalue weighted by molar-refractivity contribution is 6.34. The zero-order chi connectivity index (χ0) is 26.1. The number of rotatable bonds is 6. The average Bonchev–Trinajstić information content (AvgIpc) is 2.87. The molecule has 3 heterocycles. The van der Waals surface area contributed by atoms with Crippen molar-refractivity contribution in [2.75, 3.05) is 5.32 Å². The van der Waals surface area contributed by atoms with Gasteiger partial charge in [0.1, 0.15) is 28.1 Å². The monoisotopic (exact) mass is 519 g/mol. The topological polar surface area (TPSA) is 123 Å². The van der Waals surface area contributed by atoms with Crippen molar-refractivity contribution in [3.8, 4) is 22.6 Å². The van der Waals surface area contributed by atoms with Gasteiger partial charge >= 0.3 is 0 Å². The van der Waals surface area contributed by atoms with E-state index >= 15 is 0 Å². The lowest BCUT2D eigenvalue weighted by atomic mass is 10.0. The van der Waals surface area contributed by atoms with Gasteiger partial charge < -0.3 is 20.8 Å². The van der Waals surface area contributed by atoms with Gasteiger partial charge in [0.25, 0.3) is 5.91 Å². The van der Waals surface area contributed by atoms with E-state index in [1.807, 2.05) is 0 Å². The number of pyridine rings is 3. The average molecular weight is 520 g/mol. The summed E-state index contributed by atoms with van der Waals surface area (Å²) in [6.07, 6.45) is 4.30. The van der Waals surface area contributed by atoms with Gasteiger partial charge in [0.05, 0.1) is 10.9 Å². The Morgan fingerprint density at radius 1 is 1.00 bits per heavy atom. The number of anilines is 2. The minimum Gasteiger partial charge on any atom is -0.453 e. The predicted molar refractivity (Wildman–Crippen MR) is 135 cm³/mol. The first-order chi connectivity index (χ1) is 17.8. The molecular formula is C26H16ClF2N5O3. The van der Waals surface area contributed by atoms with E-state index in [9.17, 15) is 18.4 Å². The third-order valence-electron chi connectivity index (χ3n) is 5.45. The number of H-pyrrole nitrogens is 1. The third kappa shape index (κ3) is 4.69. The number of halogens is 3. The summed E-state index contributed by atoms with van der Waals surface area (Å²) in [7, 11) is 0. The quantitative estimate of drug-likeness (QED) is 0.270. The molecule has 0 aliphatic heterocycles.